The van der Waals surface area contributed by atoms with Gasteiger partial charge in [0.05, 0.1) is 11.3 Å². The number of aliphatic hydroxyl groups is 1. The normalized spacial score (nSPS) is 13.3. The summed E-state index contributed by atoms with van der Waals surface area (Å²) in [4.78, 5) is 0.0224. The average Bonchev–Trinajstić information content (AvgIpc) is 2.92. The van der Waals surface area contributed by atoms with Crippen molar-refractivity contribution in [1.29, 1.82) is 0 Å². The molecule has 1 aromatic carbocycles. The lowest BCUT2D eigenvalue weighted by Crippen LogP contribution is -2.26. The van der Waals surface area contributed by atoms with Crippen LogP contribution < -0.4 is 4.72 Å². The number of halogens is 1. The number of rotatable bonds is 6. The zero-order valence-electron chi connectivity index (χ0n) is 10.5. The van der Waals surface area contributed by atoms with Crippen LogP contribution in [0.5, 0.6) is 0 Å². The van der Waals surface area contributed by atoms with Crippen molar-refractivity contribution in [3.8, 4) is 0 Å². The van der Waals surface area contributed by atoms with Gasteiger partial charge in [-0.1, -0.05) is 23.7 Å². The van der Waals surface area contributed by atoms with E-state index in [4.69, 9.17) is 16.0 Å². The van der Waals surface area contributed by atoms with Crippen LogP contribution in [0.1, 0.15) is 18.3 Å². The average molecular weight is 316 g/mol. The first-order valence-corrected chi connectivity index (χ1v) is 7.82. The molecule has 2 rings (SSSR count). The van der Waals surface area contributed by atoms with Crippen LogP contribution in [0.4, 0.5) is 0 Å². The largest absolute Gasteiger partial charge is 0.467 e. The highest BCUT2D eigenvalue weighted by atomic mass is 35.5. The summed E-state index contributed by atoms with van der Waals surface area (Å²) < 4.78 is 31.5. The monoisotopic (exact) mass is 315 g/mol. The topological polar surface area (TPSA) is 79.5 Å². The van der Waals surface area contributed by atoms with E-state index in [1.54, 1.807) is 24.3 Å². The Hall–Kier alpha value is -1.34. The summed E-state index contributed by atoms with van der Waals surface area (Å²) in [5.41, 5.74) is 0. The van der Waals surface area contributed by atoms with Gasteiger partial charge in [0.15, 0.2) is 0 Å². The zero-order chi connectivity index (χ0) is 14.6. The van der Waals surface area contributed by atoms with Gasteiger partial charge in [0.25, 0.3) is 0 Å². The van der Waals surface area contributed by atoms with Crippen molar-refractivity contribution in [2.75, 3.05) is 6.54 Å². The molecule has 0 radical (unpaired) electrons. The molecule has 1 heterocycles. The van der Waals surface area contributed by atoms with Crippen LogP contribution in [0, 0.1) is 0 Å². The van der Waals surface area contributed by atoms with Crippen molar-refractivity contribution >= 4 is 21.6 Å². The molecule has 0 aliphatic rings. The van der Waals surface area contributed by atoms with E-state index in [9.17, 15) is 13.5 Å². The van der Waals surface area contributed by atoms with Gasteiger partial charge in [-0.2, -0.15) is 0 Å². The fourth-order valence-electron chi connectivity index (χ4n) is 1.69. The number of sulfonamides is 1. The third-order valence-electron chi connectivity index (χ3n) is 2.71. The molecule has 0 unspecified atom stereocenters. The van der Waals surface area contributed by atoms with E-state index < -0.39 is 16.1 Å². The lowest BCUT2D eigenvalue weighted by molar-refractivity contribution is 0.142. The minimum Gasteiger partial charge on any atom is -0.467 e. The molecule has 1 aromatic heterocycles. The van der Waals surface area contributed by atoms with E-state index >= 15 is 0 Å². The predicted molar refractivity (Wildman–Crippen MR) is 74.9 cm³/mol. The quantitative estimate of drug-likeness (QED) is 0.857. The molecule has 0 bridgehead atoms. The summed E-state index contributed by atoms with van der Waals surface area (Å²) in [7, 11) is -3.68. The second-order valence-corrected chi connectivity index (χ2v) is 6.29. The minimum atomic E-state index is -3.68. The number of benzene rings is 1. The Morgan fingerprint density at radius 2 is 2.00 bits per heavy atom. The lowest BCUT2D eigenvalue weighted by Gasteiger charge is -2.10. The fourth-order valence-corrected chi connectivity index (χ4v) is 3.26. The second kappa shape index (κ2) is 6.41. The summed E-state index contributed by atoms with van der Waals surface area (Å²) in [5, 5.41) is 9.94. The smallest absolute Gasteiger partial charge is 0.242 e. The van der Waals surface area contributed by atoms with Gasteiger partial charge in [0.2, 0.25) is 10.0 Å². The highest BCUT2D eigenvalue weighted by Gasteiger charge is 2.18. The van der Waals surface area contributed by atoms with Crippen molar-refractivity contribution in [2.45, 2.75) is 17.4 Å². The molecule has 5 nitrogen and oxygen atoms in total. The minimum absolute atomic E-state index is 0.0224. The molecule has 108 valence electrons. The van der Waals surface area contributed by atoms with E-state index in [-0.39, 0.29) is 22.9 Å². The molecule has 0 amide bonds. The Bertz CT molecular complexity index is 655. The molecular formula is C13H14ClNO4S. The van der Waals surface area contributed by atoms with Crippen molar-refractivity contribution < 1.29 is 17.9 Å². The van der Waals surface area contributed by atoms with Gasteiger partial charge in [-0.15, -0.1) is 0 Å². The summed E-state index contributed by atoms with van der Waals surface area (Å²) in [6.45, 7) is 0.0788. The van der Waals surface area contributed by atoms with Gasteiger partial charge >= 0.3 is 0 Å². The highest BCUT2D eigenvalue weighted by Crippen LogP contribution is 2.21. The summed E-state index contributed by atoms with van der Waals surface area (Å²) in [5.74, 6) is 0.405. The van der Waals surface area contributed by atoms with Gasteiger partial charge in [-0.3, -0.25) is 0 Å². The molecule has 0 spiro atoms. The van der Waals surface area contributed by atoms with Crippen LogP contribution in [-0.2, 0) is 10.0 Å². The molecule has 2 N–H and O–H groups in total. The summed E-state index contributed by atoms with van der Waals surface area (Å²) >= 11 is 5.85. The van der Waals surface area contributed by atoms with Crippen molar-refractivity contribution in [2.24, 2.45) is 0 Å². The number of nitrogens with one attached hydrogen (secondary N) is 1. The summed E-state index contributed by atoms with van der Waals surface area (Å²) in [6, 6.07) is 9.47. The van der Waals surface area contributed by atoms with E-state index in [1.165, 1.54) is 18.4 Å². The molecular weight excluding hydrogens is 302 g/mol. The van der Waals surface area contributed by atoms with Crippen LogP contribution in [-0.4, -0.2) is 20.1 Å². The molecule has 0 aliphatic carbocycles. The van der Waals surface area contributed by atoms with Gasteiger partial charge in [-0.25, -0.2) is 13.1 Å². The van der Waals surface area contributed by atoms with Gasteiger partial charge < -0.3 is 9.52 Å². The van der Waals surface area contributed by atoms with Gasteiger partial charge in [-0.05, 0) is 30.7 Å². The maximum atomic E-state index is 12.0. The Balaban J connectivity index is 1.95. The van der Waals surface area contributed by atoms with E-state index in [0.29, 0.717) is 5.76 Å². The standard InChI is InChI=1S/C13H14ClNO4S/c14-10-4-1-2-6-13(10)20(17,18)15-8-7-11(16)12-5-3-9-19-12/h1-6,9,11,15-16H,7-8H2/t11-/m1/s1. The Labute approximate surface area is 122 Å². The van der Waals surface area contributed by atoms with E-state index in [2.05, 4.69) is 4.72 Å². The summed E-state index contributed by atoms with van der Waals surface area (Å²) in [6.07, 6.45) is 0.808. The maximum absolute atomic E-state index is 12.0. The van der Waals surface area contributed by atoms with Gasteiger partial charge in [0, 0.05) is 6.54 Å². The number of hydrogen-bond donors (Lipinski definition) is 2. The molecule has 0 aliphatic heterocycles. The first-order valence-electron chi connectivity index (χ1n) is 5.96. The van der Waals surface area contributed by atoms with Crippen molar-refractivity contribution in [3.63, 3.8) is 0 Å². The third-order valence-corrected chi connectivity index (χ3v) is 4.67. The number of hydrogen-bond acceptors (Lipinski definition) is 4. The van der Waals surface area contributed by atoms with E-state index in [0.717, 1.165) is 0 Å². The third kappa shape index (κ3) is 3.61. The molecule has 20 heavy (non-hydrogen) atoms. The van der Waals surface area contributed by atoms with Crippen LogP contribution >= 0.6 is 11.6 Å². The molecule has 2 aromatic rings. The first-order chi connectivity index (χ1) is 9.50. The van der Waals surface area contributed by atoms with Crippen molar-refractivity contribution in [3.05, 3.63) is 53.4 Å². The Kier molecular flexibility index (Phi) is 4.82. The Morgan fingerprint density at radius 3 is 2.65 bits per heavy atom. The van der Waals surface area contributed by atoms with Gasteiger partial charge in [0.1, 0.15) is 16.8 Å². The highest BCUT2D eigenvalue weighted by molar-refractivity contribution is 7.89. The first kappa shape index (κ1) is 15.1. The van der Waals surface area contributed by atoms with Crippen molar-refractivity contribution in [1.82, 2.24) is 4.72 Å². The van der Waals surface area contributed by atoms with Crippen LogP contribution in [0.25, 0.3) is 0 Å². The fraction of sp³-hybridized carbons (Fsp3) is 0.231. The predicted octanol–water partition coefficient (Wildman–Crippen LogP) is 2.33. The number of furan rings is 1. The second-order valence-electron chi connectivity index (χ2n) is 4.15. The Morgan fingerprint density at radius 1 is 1.25 bits per heavy atom. The molecule has 1 atom stereocenters. The van der Waals surface area contributed by atoms with Crippen LogP contribution in [0.2, 0.25) is 5.02 Å². The SMILES string of the molecule is O=S(=O)(NCC[C@@H](O)c1ccco1)c1ccccc1Cl. The van der Waals surface area contributed by atoms with Crippen LogP contribution in [0.15, 0.2) is 52.0 Å². The molecule has 0 saturated carbocycles. The molecule has 0 fully saturated rings. The maximum Gasteiger partial charge on any atom is 0.242 e. The van der Waals surface area contributed by atoms with E-state index in [1.807, 2.05) is 0 Å². The number of aliphatic hydroxyl groups excluding tert-OH is 1. The lowest BCUT2D eigenvalue weighted by atomic mass is 10.2. The molecule has 7 heteroatoms. The molecule has 0 saturated heterocycles. The van der Waals surface area contributed by atoms with Crippen LogP contribution in [0.3, 0.4) is 0 Å². The zero-order valence-corrected chi connectivity index (χ0v) is 12.1.